The van der Waals surface area contributed by atoms with Crippen molar-refractivity contribution in [2.45, 2.75) is 12.1 Å². The van der Waals surface area contributed by atoms with Gasteiger partial charge in [-0.05, 0) is 61.0 Å². The second-order valence-corrected chi connectivity index (χ2v) is 8.11. The standard InChI is InChI=1S/C22H20ClN5O2S/c1-15-5-10-19(30-2)18(13-15)24-20(29)14-31-22-26-25-21(16-6-8-17(23)9-7-16)28(22)27-11-3-4-12-27/h3-13H,14H2,1-2H3,(H,24,29). The van der Waals surface area contributed by atoms with E-state index in [1.807, 2.05) is 71.1 Å². The first-order valence-corrected chi connectivity index (χ1v) is 10.8. The Balaban J connectivity index is 1.56. The van der Waals surface area contributed by atoms with Crippen LogP contribution in [0.4, 0.5) is 5.69 Å². The zero-order chi connectivity index (χ0) is 21.8. The molecule has 0 aliphatic rings. The third kappa shape index (κ3) is 4.76. The Bertz CT molecular complexity index is 1190. The van der Waals surface area contributed by atoms with Gasteiger partial charge in [0.05, 0.1) is 18.6 Å². The third-order valence-electron chi connectivity index (χ3n) is 4.50. The summed E-state index contributed by atoms with van der Waals surface area (Å²) in [6.07, 6.45) is 3.79. The van der Waals surface area contributed by atoms with Crippen LogP contribution >= 0.6 is 23.4 Å². The van der Waals surface area contributed by atoms with E-state index in [4.69, 9.17) is 16.3 Å². The summed E-state index contributed by atoms with van der Waals surface area (Å²) in [4.78, 5) is 12.6. The van der Waals surface area contributed by atoms with Gasteiger partial charge in [-0.2, -0.15) is 0 Å². The van der Waals surface area contributed by atoms with Crippen molar-refractivity contribution < 1.29 is 9.53 Å². The number of hydrogen-bond acceptors (Lipinski definition) is 5. The Labute approximate surface area is 189 Å². The summed E-state index contributed by atoms with van der Waals surface area (Å²) in [5.74, 6) is 1.27. The number of methoxy groups -OCH3 is 1. The minimum Gasteiger partial charge on any atom is -0.495 e. The molecule has 0 atom stereocenters. The zero-order valence-electron chi connectivity index (χ0n) is 16.9. The van der Waals surface area contributed by atoms with E-state index < -0.39 is 0 Å². The molecule has 2 heterocycles. The van der Waals surface area contributed by atoms with Crippen LogP contribution < -0.4 is 10.1 Å². The van der Waals surface area contributed by atoms with Crippen LogP contribution in [0.25, 0.3) is 11.4 Å². The van der Waals surface area contributed by atoms with Gasteiger partial charge in [-0.3, -0.25) is 9.47 Å². The van der Waals surface area contributed by atoms with Crippen LogP contribution in [0.15, 0.2) is 72.1 Å². The van der Waals surface area contributed by atoms with Gasteiger partial charge >= 0.3 is 0 Å². The maximum Gasteiger partial charge on any atom is 0.234 e. The molecule has 0 bridgehead atoms. The molecular weight excluding hydrogens is 434 g/mol. The van der Waals surface area contributed by atoms with Crippen LogP contribution in [0.3, 0.4) is 0 Å². The average Bonchev–Trinajstić information content (AvgIpc) is 3.42. The maximum atomic E-state index is 12.6. The monoisotopic (exact) mass is 453 g/mol. The summed E-state index contributed by atoms with van der Waals surface area (Å²) < 4.78 is 9.06. The molecule has 0 spiro atoms. The molecule has 1 amide bonds. The number of benzene rings is 2. The quantitative estimate of drug-likeness (QED) is 0.408. The molecule has 4 rings (SSSR count). The number of rotatable bonds is 7. The maximum absolute atomic E-state index is 12.6. The van der Waals surface area contributed by atoms with E-state index in [1.54, 1.807) is 19.2 Å². The minimum absolute atomic E-state index is 0.163. The molecule has 0 saturated heterocycles. The molecule has 0 saturated carbocycles. The summed E-state index contributed by atoms with van der Waals surface area (Å²) in [7, 11) is 1.58. The second-order valence-electron chi connectivity index (χ2n) is 6.73. The summed E-state index contributed by atoms with van der Waals surface area (Å²) >= 11 is 7.32. The van der Waals surface area contributed by atoms with E-state index in [0.29, 0.717) is 27.4 Å². The number of amides is 1. The predicted molar refractivity (Wildman–Crippen MR) is 123 cm³/mol. The van der Waals surface area contributed by atoms with Crippen LogP contribution in [0.2, 0.25) is 5.02 Å². The number of nitrogens with one attached hydrogen (secondary N) is 1. The number of nitrogens with zero attached hydrogens (tertiary/aromatic N) is 4. The average molecular weight is 454 g/mol. The van der Waals surface area contributed by atoms with Gasteiger partial charge in [0, 0.05) is 23.0 Å². The lowest BCUT2D eigenvalue weighted by Crippen LogP contribution is -2.16. The highest BCUT2D eigenvalue weighted by molar-refractivity contribution is 7.99. The molecular formula is C22H20ClN5O2S. The van der Waals surface area contributed by atoms with Gasteiger partial charge in [0.15, 0.2) is 5.82 Å². The second kappa shape index (κ2) is 9.28. The number of carbonyl (C=O) groups is 1. The van der Waals surface area contributed by atoms with Crippen molar-refractivity contribution in [1.29, 1.82) is 0 Å². The van der Waals surface area contributed by atoms with Gasteiger partial charge in [0.25, 0.3) is 0 Å². The van der Waals surface area contributed by atoms with E-state index in [2.05, 4.69) is 15.5 Å². The zero-order valence-corrected chi connectivity index (χ0v) is 18.5. The topological polar surface area (TPSA) is 74.0 Å². The lowest BCUT2D eigenvalue weighted by Gasteiger charge is -2.12. The number of hydrogen-bond donors (Lipinski definition) is 1. The van der Waals surface area contributed by atoms with Crippen molar-refractivity contribution in [3.05, 3.63) is 77.6 Å². The third-order valence-corrected chi connectivity index (χ3v) is 5.67. The Morgan fingerprint density at radius 2 is 1.87 bits per heavy atom. The number of halogens is 1. The molecule has 31 heavy (non-hydrogen) atoms. The molecule has 7 nitrogen and oxygen atoms in total. The van der Waals surface area contributed by atoms with Crippen LogP contribution in [-0.4, -0.2) is 38.3 Å². The van der Waals surface area contributed by atoms with Crippen molar-refractivity contribution in [2.24, 2.45) is 0 Å². The molecule has 4 aromatic rings. The van der Waals surface area contributed by atoms with Crippen molar-refractivity contribution in [3.63, 3.8) is 0 Å². The molecule has 0 fully saturated rings. The number of aromatic nitrogens is 4. The fraction of sp³-hybridized carbons (Fsp3) is 0.136. The first kappa shape index (κ1) is 21.0. The number of ether oxygens (including phenoxy) is 1. The summed E-state index contributed by atoms with van der Waals surface area (Å²) in [5.41, 5.74) is 2.54. The van der Waals surface area contributed by atoms with Crippen molar-refractivity contribution >= 4 is 35.0 Å². The van der Waals surface area contributed by atoms with Gasteiger partial charge in [0.2, 0.25) is 11.1 Å². The summed E-state index contributed by atoms with van der Waals surface area (Å²) in [5, 5.41) is 12.8. The van der Waals surface area contributed by atoms with E-state index >= 15 is 0 Å². The Hall–Kier alpha value is -3.23. The Morgan fingerprint density at radius 3 is 2.58 bits per heavy atom. The van der Waals surface area contributed by atoms with Crippen LogP contribution in [0.5, 0.6) is 5.75 Å². The van der Waals surface area contributed by atoms with Crippen molar-refractivity contribution in [3.8, 4) is 17.1 Å². The largest absolute Gasteiger partial charge is 0.495 e. The van der Waals surface area contributed by atoms with Gasteiger partial charge in [0.1, 0.15) is 5.75 Å². The highest BCUT2D eigenvalue weighted by Crippen LogP contribution is 2.27. The van der Waals surface area contributed by atoms with Gasteiger partial charge in [-0.1, -0.05) is 29.4 Å². The first-order chi connectivity index (χ1) is 15.0. The van der Waals surface area contributed by atoms with Gasteiger partial charge in [-0.25, -0.2) is 4.68 Å². The van der Waals surface area contributed by atoms with Crippen molar-refractivity contribution in [2.75, 3.05) is 18.2 Å². The SMILES string of the molecule is COc1ccc(C)cc1NC(=O)CSc1nnc(-c2ccc(Cl)cc2)n1-n1cccc1. The lowest BCUT2D eigenvalue weighted by molar-refractivity contribution is -0.113. The number of aryl methyl sites for hydroxylation is 1. The molecule has 2 aromatic heterocycles. The molecule has 0 aliphatic carbocycles. The molecule has 2 aromatic carbocycles. The van der Waals surface area contributed by atoms with Crippen LogP contribution in [0, 0.1) is 6.92 Å². The number of carbonyl (C=O) groups excluding carboxylic acids is 1. The molecule has 0 aliphatic heterocycles. The Kier molecular flexibility index (Phi) is 6.29. The van der Waals surface area contributed by atoms with E-state index in [1.165, 1.54) is 11.8 Å². The molecule has 9 heteroatoms. The van der Waals surface area contributed by atoms with E-state index in [0.717, 1.165) is 11.1 Å². The number of anilines is 1. The van der Waals surface area contributed by atoms with Gasteiger partial charge in [-0.15, -0.1) is 10.2 Å². The highest BCUT2D eigenvalue weighted by Gasteiger charge is 2.17. The molecule has 0 radical (unpaired) electrons. The fourth-order valence-electron chi connectivity index (χ4n) is 3.04. The van der Waals surface area contributed by atoms with Crippen molar-refractivity contribution in [1.82, 2.24) is 19.5 Å². The highest BCUT2D eigenvalue weighted by atomic mass is 35.5. The first-order valence-electron chi connectivity index (χ1n) is 9.47. The predicted octanol–water partition coefficient (Wildman–Crippen LogP) is 4.76. The Morgan fingerprint density at radius 1 is 1.13 bits per heavy atom. The summed E-state index contributed by atoms with van der Waals surface area (Å²) in [6.45, 7) is 1.96. The molecule has 158 valence electrons. The minimum atomic E-state index is -0.163. The van der Waals surface area contributed by atoms with E-state index in [9.17, 15) is 4.79 Å². The van der Waals surface area contributed by atoms with Gasteiger partial charge < -0.3 is 10.1 Å². The lowest BCUT2D eigenvalue weighted by atomic mass is 10.2. The summed E-state index contributed by atoms with van der Waals surface area (Å²) in [6, 6.07) is 16.9. The molecule has 0 unspecified atom stereocenters. The fourth-order valence-corrected chi connectivity index (χ4v) is 3.90. The normalized spacial score (nSPS) is 10.8. The smallest absolute Gasteiger partial charge is 0.234 e. The van der Waals surface area contributed by atoms with Crippen LogP contribution in [-0.2, 0) is 4.79 Å². The molecule has 1 N–H and O–H groups in total. The van der Waals surface area contributed by atoms with E-state index in [-0.39, 0.29) is 11.7 Å². The number of thioether (sulfide) groups is 1. The van der Waals surface area contributed by atoms with Crippen LogP contribution in [0.1, 0.15) is 5.56 Å².